The summed E-state index contributed by atoms with van der Waals surface area (Å²) in [7, 11) is 0. The minimum Gasteiger partial charge on any atom is -0.320 e. The Balaban J connectivity index is 0.00000162. The van der Waals surface area contributed by atoms with Gasteiger partial charge in [-0.05, 0) is 23.1 Å². The Kier molecular flexibility index (Phi) is 5.10. The van der Waals surface area contributed by atoms with Crippen molar-refractivity contribution in [2.24, 2.45) is 5.73 Å². The Labute approximate surface area is 119 Å². The lowest BCUT2D eigenvalue weighted by atomic mass is 10.1. The van der Waals surface area contributed by atoms with Gasteiger partial charge >= 0.3 is 0 Å². The Bertz CT molecular complexity index is 546. The largest absolute Gasteiger partial charge is 0.320 e. The molecule has 18 heavy (non-hydrogen) atoms. The first-order valence-corrected chi connectivity index (χ1v) is 6.08. The molecule has 0 fully saturated rings. The van der Waals surface area contributed by atoms with Crippen LogP contribution >= 0.6 is 35.3 Å². The number of nitro groups is 1. The highest BCUT2D eigenvalue weighted by atomic mass is 35.5. The van der Waals surface area contributed by atoms with Crippen molar-refractivity contribution in [1.29, 1.82) is 0 Å². The summed E-state index contributed by atoms with van der Waals surface area (Å²) in [5.41, 5.74) is 6.60. The lowest BCUT2D eigenvalue weighted by Gasteiger charge is -2.11. The molecular weight excluding hydrogens is 295 g/mol. The first kappa shape index (κ1) is 14.9. The van der Waals surface area contributed by atoms with Crippen LogP contribution in [0.3, 0.4) is 0 Å². The lowest BCUT2D eigenvalue weighted by molar-refractivity contribution is -0.384. The van der Waals surface area contributed by atoms with Crippen molar-refractivity contribution in [3.8, 4) is 0 Å². The number of rotatable bonds is 3. The number of nitrogens with zero attached hydrogens (tertiary/aromatic N) is 1. The summed E-state index contributed by atoms with van der Waals surface area (Å²) < 4.78 is 0. The van der Waals surface area contributed by atoms with E-state index >= 15 is 0 Å². The molecule has 1 aromatic heterocycles. The van der Waals surface area contributed by atoms with Gasteiger partial charge in [-0.25, -0.2) is 0 Å². The fourth-order valence-corrected chi connectivity index (χ4v) is 2.48. The molecular formula is C11H10Cl2N2O2S. The zero-order valence-corrected chi connectivity index (χ0v) is 11.5. The van der Waals surface area contributed by atoms with Crippen LogP contribution < -0.4 is 5.73 Å². The van der Waals surface area contributed by atoms with Crippen LogP contribution in [0.4, 0.5) is 5.69 Å². The number of thiophene rings is 1. The highest BCUT2D eigenvalue weighted by Crippen LogP contribution is 2.31. The number of non-ortho nitro benzene ring substituents is 1. The molecule has 0 aliphatic heterocycles. The van der Waals surface area contributed by atoms with Crippen LogP contribution in [0.25, 0.3) is 0 Å². The van der Waals surface area contributed by atoms with Gasteiger partial charge in [0.05, 0.1) is 11.0 Å². The molecule has 1 atom stereocenters. The summed E-state index contributed by atoms with van der Waals surface area (Å²) in [6.45, 7) is 0. The minimum absolute atomic E-state index is 0. The molecule has 7 heteroatoms. The van der Waals surface area contributed by atoms with Crippen LogP contribution in [0.15, 0.2) is 35.7 Å². The van der Waals surface area contributed by atoms with Crippen molar-refractivity contribution in [1.82, 2.24) is 0 Å². The molecule has 0 aliphatic rings. The monoisotopic (exact) mass is 304 g/mol. The summed E-state index contributed by atoms with van der Waals surface area (Å²) >= 11 is 7.51. The highest BCUT2D eigenvalue weighted by Gasteiger charge is 2.17. The average Bonchev–Trinajstić information content (AvgIpc) is 2.81. The third-order valence-corrected chi connectivity index (χ3v) is 3.67. The zero-order valence-electron chi connectivity index (χ0n) is 9.08. The number of halogens is 2. The highest BCUT2D eigenvalue weighted by molar-refractivity contribution is 7.10. The molecule has 0 amide bonds. The maximum absolute atomic E-state index is 10.7. The quantitative estimate of drug-likeness (QED) is 0.693. The van der Waals surface area contributed by atoms with Crippen molar-refractivity contribution >= 4 is 41.0 Å². The van der Waals surface area contributed by atoms with Crippen LogP contribution in [0.2, 0.25) is 5.02 Å². The molecule has 1 aromatic carbocycles. The Morgan fingerprint density at radius 1 is 1.39 bits per heavy atom. The van der Waals surface area contributed by atoms with Crippen LogP contribution in [0.5, 0.6) is 0 Å². The van der Waals surface area contributed by atoms with E-state index in [1.165, 1.54) is 29.5 Å². The third-order valence-electron chi connectivity index (χ3n) is 2.38. The van der Waals surface area contributed by atoms with Crippen molar-refractivity contribution in [2.75, 3.05) is 0 Å². The topological polar surface area (TPSA) is 69.2 Å². The molecule has 4 nitrogen and oxygen atoms in total. The van der Waals surface area contributed by atoms with Crippen molar-refractivity contribution in [3.05, 3.63) is 61.3 Å². The predicted molar refractivity (Wildman–Crippen MR) is 75.7 cm³/mol. The second-order valence-electron chi connectivity index (χ2n) is 3.46. The normalized spacial score (nSPS) is 11.7. The van der Waals surface area contributed by atoms with E-state index in [2.05, 4.69) is 0 Å². The van der Waals surface area contributed by atoms with E-state index in [9.17, 15) is 10.1 Å². The molecule has 0 bridgehead atoms. The third kappa shape index (κ3) is 3.00. The molecule has 0 saturated heterocycles. The van der Waals surface area contributed by atoms with Crippen LogP contribution in [-0.4, -0.2) is 4.92 Å². The van der Waals surface area contributed by atoms with Gasteiger partial charge in [0.1, 0.15) is 0 Å². The zero-order chi connectivity index (χ0) is 12.4. The van der Waals surface area contributed by atoms with E-state index < -0.39 is 11.0 Å². The van der Waals surface area contributed by atoms with Crippen LogP contribution in [-0.2, 0) is 0 Å². The van der Waals surface area contributed by atoms with E-state index in [0.29, 0.717) is 10.6 Å². The summed E-state index contributed by atoms with van der Waals surface area (Å²) in [6, 6.07) is 7.63. The molecule has 2 N–H and O–H groups in total. The SMILES string of the molecule is Cl.N[C@@H](c1cccs1)c1cc([N+](=O)[O-])ccc1Cl. The molecule has 2 rings (SSSR count). The van der Waals surface area contributed by atoms with Gasteiger partial charge < -0.3 is 5.73 Å². The van der Waals surface area contributed by atoms with E-state index in [-0.39, 0.29) is 18.1 Å². The van der Waals surface area contributed by atoms with Gasteiger partial charge in [-0.3, -0.25) is 10.1 Å². The van der Waals surface area contributed by atoms with Crippen molar-refractivity contribution in [2.45, 2.75) is 6.04 Å². The smallest absolute Gasteiger partial charge is 0.269 e. The van der Waals surface area contributed by atoms with Crippen LogP contribution in [0.1, 0.15) is 16.5 Å². The van der Waals surface area contributed by atoms with Crippen molar-refractivity contribution in [3.63, 3.8) is 0 Å². The number of nitro benzene ring substituents is 1. The van der Waals surface area contributed by atoms with Gasteiger partial charge in [-0.1, -0.05) is 17.7 Å². The second-order valence-corrected chi connectivity index (χ2v) is 4.84. The maximum atomic E-state index is 10.7. The van der Waals surface area contributed by atoms with Gasteiger partial charge in [0.2, 0.25) is 0 Å². The molecule has 1 heterocycles. The van der Waals surface area contributed by atoms with E-state index in [4.69, 9.17) is 17.3 Å². The molecule has 0 aliphatic carbocycles. The van der Waals surface area contributed by atoms with Gasteiger partial charge in [0.25, 0.3) is 5.69 Å². The summed E-state index contributed by atoms with van der Waals surface area (Å²) in [6.07, 6.45) is 0. The number of nitrogens with two attached hydrogens (primary N) is 1. The summed E-state index contributed by atoms with van der Waals surface area (Å²) in [5.74, 6) is 0. The first-order chi connectivity index (χ1) is 8.09. The van der Waals surface area contributed by atoms with E-state index in [1.807, 2.05) is 17.5 Å². The average molecular weight is 305 g/mol. The second kappa shape index (κ2) is 6.15. The fourth-order valence-electron chi connectivity index (χ4n) is 1.50. The van der Waals surface area contributed by atoms with Gasteiger partial charge in [0.15, 0.2) is 0 Å². The number of hydrogen-bond acceptors (Lipinski definition) is 4. The fraction of sp³-hybridized carbons (Fsp3) is 0.0909. The standard InChI is InChI=1S/C11H9ClN2O2S.ClH/c12-9-4-3-7(14(15)16)6-8(9)11(13)10-2-1-5-17-10;/h1-6,11H,13H2;1H/t11-;/m1./s1. The predicted octanol–water partition coefficient (Wildman–Crippen LogP) is 3.78. The maximum Gasteiger partial charge on any atom is 0.269 e. The molecule has 96 valence electrons. The first-order valence-electron chi connectivity index (χ1n) is 4.82. The molecule has 2 aromatic rings. The van der Waals surface area contributed by atoms with Crippen molar-refractivity contribution < 1.29 is 4.92 Å². The van der Waals surface area contributed by atoms with Gasteiger partial charge in [-0.15, -0.1) is 23.7 Å². The number of benzene rings is 1. The molecule has 0 radical (unpaired) electrons. The van der Waals surface area contributed by atoms with Crippen LogP contribution in [0, 0.1) is 10.1 Å². The summed E-state index contributed by atoms with van der Waals surface area (Å²) in [4.78, 5) is 11.2. The van der Waals surface area contributed by atoms with Gasteiger partial charge in [-0.2, -0.15) is 0 Å². The number of hydrogen-bond donors (Lipinski definition) is 1. The molecule has 0 spiro atoms. The van der Waals surface area contributed by atoms with Gasteiger partial charge in [0, 0.05) is 22.0 Å². The Hall–Kier alpha value is -1.14. The van der Waals surface area contributed by atoms with E-state index in [0.717, 1.165) is 4.88 Å². The molecule has 0 saturated carbocycles. The molecule has 0 unspecified atom stereocenters. The Morgan fingerprint density at radius 2 is 2.11 bits per heavy atom. The van der Waals surface area contributed by atoms with E-state index in [1.54, 1.807) is 0 Å². The summed E-state index contributed by atoms with van der Waals surface area (Å²) in [5, 5.41) is 13.0. The Morgan fingerprint density at radius 3 is 2.67 bits per heavy atom. The minimum atomic E-state index is -0.457. The lowest BCUT2D eigenvalue weighted by Crippen LogP contribution is -2.11.